The summed E-state index contributed by atoms with van der Waals surface area (Å²) < 4.78 is 1.48. The lowest BCUT2D eigenvalue weighted by molar-refractivity contribution is 0.404. The Labute approximate surface area is 105 Å². The number of piperidine rings is 1. The molecule has 2 aromatic rings. The van der Waals surface area contributed by atoms with Crippen molar-refractivity contribution in [3.8, 4) is 0 Å². The minimum atomic E-state index is -0.0247. The van der Waals surface area contributed by atoms with Crippen LogP contribution >= 0.6 is 0 Å². The van der Waals surface area contributed by atoms with Crippen LogP contribution in [0.4, 0.5) is 0 Å². The van der Waals surface area contributed by atoms with Crippen molar-refractivity contribution in [1.29, 1.82) is 0 Å². The van der Waals surface area contributed by atoms with E-state index in [1.165, 1.54) is 17.4 Å². The number of nitrogens with zero attached hydrogens (tertiary/aromatic N) is 2. The third-order valence-corrected chi connectivity index (χ3v) is 3.79. The van der Waals surface area contributed by atoms with Gasteiger partial charge in [-0.25, -0.2) is 0 Å². The quantitative estimate of drug-likeness (QED) is 0.800. The van der Waals surface area contributed by atoms with Crippen LogP contribution in [0.3, 0.4) is 0 Å². The second kappa shape index (κ2) is 4.24. The summed E-state index contributed by atoms with van der Waals surface area (Å²) in [5, 5.41) is 7.90. The Morgan fingerprint density at radius 1 is 1.39 bits per heavy atom. The summed E-state index contributed by atoms with van der Waals surface area (Å²) in [6, 6.07) is 2.27. The molecule has 1 aliphatic rings. The Morgan fingerprint density at radius 2 is 2.22 bits per heavy atom. The standard InChI is InChI=1S/C13H18N4O/c1-8-9(2)15-12-7-11(16-17(12)13(8)18)10-5-3-4-6-14-10/h7,10,14-15H,3-6H2,1-2H3. The molecule has 18 heavy (non-hydrogen) atoms. The van der Waals surface area contributed by atoms with Gasteiger partial charge in [-0.3, -0.25) is 4.79 Å². The van der Waals surface area contributed by atoms with Crippen LogP contribution in [-0.4, -0.2) is 21.1 Å². The first-order valence-electron chi connectivity index (χ1n) is 6.49. The van der Waals surface area contributed by atoms with Gasteiger partial charge in [0.15, 0.2) is 0 Å². The summed E-state index contributed by atoms with van der Waals surface area (Å²) in [5.41, 5.74) is 3.37. The minimum Gasteiger partial charge on any atom is -0.343 e. The Morgan fingerprint density at radius 3 is 2.94 bits per heavy atom. The van der Waals surface area contributed by atoms with Gasteiger partial charge in [0.2, 0.25) is 0 Å². The van der Waals surface area contributed by atoms with Crippen molar-refractivity contribution in [2.24, 2.45) is 0 Å². The molecule has 1 saturated heterocycles. The highest BCUT2D eigenvalue weighted by atomic mass is 16.1. The van der Waals surface area contributed by atoms with E-state index in [0.717, 1.165) is 35.6 Å². The number of nitrogens with one attached hydrogen (secondary N) is 2. The monoisotopic (exact) mass is 246 g/mol. The molecule has 0 spiro atoms. The van der Waals surface area contributed by atoms with Crippen LogP contribution in [0.25, 0.3) is 5.65 Å². The molecule has 0 radical (unpaired) electrons. The van der Waals surface area contributed by atoms with Gasteiger partial charge in [-0.05, 0) is 33.2 Å². The van der Waals surface area contributed by atoms with Crippen LogP contribution in [0.1, 0.15) is 42.3 Å². The van der Waals surface area contributed by atoms with E-state index >= 15 is 0 Å². The van der Waals surface area contributed by atoms with Gasteiger partial charge in [0, 0.05) is 17.3 Å². The third kappa shape index (κ3) is 1.75. The summed E-state index contributed by atoms with van der Waals surface area (Å²) in [5.74, 6) is 0. The lowest BCUT2D eigenvalue weighted by Crippen LogP contribution is -2.27. The number of hydrogen-bond donors (Lipinski definition) is 2. The summed E-state index contributed by atoms with van der Waals surface area (Å²) in [4.78, 5) is 15.3. The average molecular weight is 246 g/mol. The zero-order valence-corrected chi connectivity index (χ0v) is 10.8. The number of hydrogen-bond acceptors (Lipinski definition) is 3. The maximum atomic E-state index is 12.1. The second-order valence-electron chi connectivity index (χ2n) is 5.05. The number of rotatable bonds is 1. The third-order valence-electron chi connectivity index (χ3n) is 3.79. The van der Waals surface area contributed by atoms with Crippen molar-refractivity contribution in [3.63, 3.8) is 0 Å². The number of fused-ring (bicyclic) bond motifs is 1. The molecule has 5 nitrogen and oxygen atoms in total. The fourth-order valence-corrected chi connectivity index (χ4v) is 2.52. The average Bonchev–Trinajstić information content (AvgIpc) is 2.81. The SMILES string of the molecule is Cc1[nH]c2cc(C3CCCCN3)nn2c(=O)c1C. The Kier molecular flexibility index (Phi) is 2.70. The molecule has 1 aliphatic heterocycles. The molecule has 1 atom stereocenters. The molecule has 3 rings (SSSR count). The van der Waals surface area contributed by atoms with E-state index in [-0.39, 0.29) is 11.6 Å². The zero-order chi connectivity index (χ0) is 12.7. The molecule has 0 bridgehead atoms. The number of aryl methyl sites for hydroxylation is 1. The van der Waals surface area contributed by atoms with Crippen LogP contribution in [0.2, 0.25) is 0 Å². The highest BCUT2D eigenvalue weighted by Crippen LogP contribution is 2.22. The molecule has 1 fully saturated rings. The number of aromatic amines is 1. The van der Waals surface area contributed by atoms with Gasteiger partial charge in [0.1, 0.15) is 5.65 Å². The van der Waals surface area contributed by atoms with Crippen molar-refractivity contribution in [3.05, 3.63) is 33.4 Å². The van der Waals surface area contributed by atoms with Gasteiger partial charge in [-0.15, -0.1) is 0 Å². The van der Waals surface area contributed by atoms with Crippen LogP contribution in [0, 0.1) is 13.8 Å². The maximum absolute atomic E-state index is 12.1. The van der Waals surface area contributed by atoms with Crippen LogP contribution in [-0.2, 0) is 0 Å². The molecule has 96 valence electrons. The molecule has 5 heteroatoms. The molecule has 2 aromatic heterocycles. The van der Waals surface area contributed by atoms with E-state index in [4.69, 9.17) is 0 Å². The Balaban J connectivity index is 2.10. The molecule has 0 saturated carbocycles. The van der Waals surface area contributed by atoms with E-state index in [0.29, 0.717) is 0 Å². The smallest absolute Gasteiger partial charge is 0.277 e. The number of H-pyrrole nitrogens is 1. The van der Waals surface area contributed by atoms with Crippen molar-refractivity contribution < 1.29 is 0 Å². The molecule has 2 N–H and O–H groups in total. The van der Waals surface area contributed by atoms with Gasteiger partial charge in [-0.2, -0.15) is 9.61 Å². The molecular formula is C13H18N4O. The van der Waals surface area contributed by atoms with Crippen molar-refractivity contribution in [1.82, 2.24) is 19.9 Å². The first kappa shape index (κ1) is 11.5. The summed E-state index contributed by atoms with van der Waals surface area (Å²) in [6.07, 6.45) is 3.54. The lowest BCUT2D eigenvalue weighted by Gasteiger charge is -2.21. The van der Waals surface area contributed by atoms with Gasteiger partial charge in [0.25, 0.3) is 5.56 Å². The minimum absolute atomic E-state index is 0.0247. The predicted molar refractivity (Wildman–Crippen MR) is 69.9 cm³/mol. The van der Waals surface area contributed by atoms with Crippen LogP contribution in [0.5, 0.6) is 0 Å². The molecule has 0 aromatic carbocycles. The fourth-order valence-electron chi connectivity index (χ4n) is 2.52. The highest BCUT2D eigenvalue weighted by molar-refractivity contribution is 5.42. The maximum Gasteiger partial charge on any atom is 0.277 e. The first-order chi connectivity index (χ1) is 8.66. The van der Waals surface area contributed by atoms with Crippen LogP contribution in [0.15, 0.2) is 10.9 Å². The first-order valence-corrected chi connectivity index (χ1v) is 6.49. The van der Waals surface area contributed by atoms with Crippen molar-refractivity contribution >= 4 is 5.65 Å². The summed E-state index contributed by atoms with van der Waals surface area (Å²) in [6.45, 7) is 4.78. The molecular weight excluding hydrogens is 228 g/mol. The summed E-state index contributed by atoms with van der Waals surface area (Å²) in [7, 11) is 0. The lowest BCUT2D eigenvalue weighted by atomic mass is 10.0. The second-order valence-corrected chi connectivity index (χ2v) is 5.05. The van der Waals surface area contributed by atoms with Crippen molar-refractivity contribution in [2.75, 3.05) is 6.54 Å². The molecule has 0 aliphatic carbocycles. The van der Waals surface area contributed by atoms with E-state index in [1.54, 1.807) is 0 Å². The van der Waals surface area contributed by atoms with E-state index < -0.39 is 0 Å². The van der Waals surface area contributed by atoms with E-state index in [2.05, 4.69) is 15.4 Å². The normalized spacial score (nSPS) is 20.4. The highest BCUT2D eigenvalue weighted by Gasteiger charge is 2.19. The Hall–Kier alpha value is -1.62. The van der Waals surface area contributed by atoms with Gasteiger partial charge in [0.05, 0.1) is 11.7 Å². The van der Waals surface area contributed by atoms with Crippen molar-refractivity contribution in [2.45, 2.75) is 39.2 Å². The summed E-state index contributed by atoms with van der Waals surface area (Å²) >= 11 is 0. The predicted octanol–water partition coefficient (Wildman–Crippen LogP) is 1.45. The topological polar surface area (TPSA) is 62.2 Å². The molecule has 0 amide bonds. The van der Waals surface area contributed by atoms with Gasteiger partial charge in [-0.1, -0.05) is 6.42 Å². The fraction of sp³-hybridized carbons (Fsp3) is 0.538. The van der Waals surface area contributed by atoms with Gasteiger partial charge >= 0.3 is 0 Å². The zero-order valence-electron chi connectivity index (χ0n) is 10.8. The van der Waals surface area contributed by atoms with E-state index in [1.807, 2.05) is 19.9 Å². The molecule has 1 unspecified atom stereocenters. The molecule has 3 heterocycles. The van der Waals surface area contributed by atoms with E-state index in [9.17, 15) is 4.79 Å². The Bertz CT molecular complexity index is 634. The number of aromatic nitrogens is 3. The largest absolute Gasteiger partial charge is 0.343 e. The van der Waals surface area contributed by atoms with Gasteiger partial charge < -0.3 is 10.3 Å². The van der Waals surface area contributed by atoms with Crippen LogP contribution < -0.4 is 10.9 Å².